The van der Waals surface area contributed by atoms with Crippen LogP contribution in [0, 0.1) is 5.92 Å². The third-order valence-corrected chi connectivity index (χ3v) is 4.37. The fourth-order valence-corrected chi connectivity index (χ4v) is 3.24. The SMILES string of the molecule is O=C(O)C1CC1N1CCCc2cc3ccccc3nc21. The van der Waals surface area contributed by atoms with Gasteiger partial charge in [-0.1, -0.05) is 18.2 Å². The lowest BCUT2D eigenvalue weighted by Crippen LogP contribution is -2.34. The van der Waals surface area contributed by atoms with Crippen LogP contribution in [0.15, 0.2) is 30.3 Å². The van der Waals surface area contributed by atoms with Crippen LogP contribution in [0.5, 0.6) is 0 Å². The first-order valence-electron chi connectivity index (χ1n) is 7.12. The third-order valence-electron chi connectivity index (χ3n) is 4.37. The van der Waals surface area contributed by atoms with Crippen LogP contribution in [0.25, 0.3) is 10.9 Å². The van der Waals surface area contributed by atoms with Crippen molar-refractivity contribution in [3.63, 3.8) is 0 Å². The topological polar surface area (TPSA) is 53.4 Å². The maximum absolute atomic E-state index is 11.1. The lowest BCUT2D eigenvalue weighted by molar-refractivity contribution is -0.138. The van der Waals surface area contributed by atoms with Gasteiger partial charge in [-0.25, -0.2) is 4.98 Å². The molecule has 0 spiro atoms. The average molecular weight is 268 g/mol. The second kappa shape index (κ2) is 4.20. The first-order chi connectivity index (χ1) is 9.74. The molecule has 4 rings (SSSR count). The Morgan fingerprint density at radius 3 is 3.00 bits per heavy atom. The molecule has 0 saturated heterocycles. The predicted molar refractivity (Wildman–Crippen MR) is 76.9 cm³/mol. The number of benzene rings is 1. The Labute approximate surface area is 117 Å². The first kappa shape index (κ1) is 11.7. The number of anilines is 1. The standard InChI is InChI=1S/C16H16N2O2/c19-16(20)12-9-14(12)18-7-3-5-11-8-10-4-1-2-6-13(10)17-15(11)18/h1-2,4,6,8,12,14H,3,5,7,9H2,(H,19,20). The van der Waals surface area contributed by atoms with Gasteiger partial charge in [0.2, 0.25) is 0 Å². The number of aryl methyl sites for hydroxylation is 1. The molecule has 1 aromatic heterocycles. The normalized spacial score (nSPS) is 24.5. The summed E-state index contributed by atoms with van der Waals surface area (Å²) in [4.78, 5) is 18.1. The zero-order valence-corrected chi connectivity index (χ0v) is 11.1. The van der Waals surface area contributed by atoms with E-state index in [-0.39, 0.29) is 12.0 Å². The fourth-order valence-electron chi connectivity index (χ4n) is 3.24. The maximum Gasteiger partial charge on any atom is 0.308 e. The molecule has 2 unspecified atom stereocenters. The number of hydrogen-bond donors (Lipinski definition) is 1. The smallest absolute Gasteiger partial charge is 0.308 e. The van der Waals surface area contributed by atoms with Crippen molar-refractivity contribution in [1.29, 1.82) is 0 Å². The van der Waals surface area contributed by atoms with E-state index in [4.69, 9.17) is 10.1 Å². The summed E-state index contributed by atoms with van der Waals surface area (Å²) in [6.45, 7) is 0.923. The van der Waals surface area contributed by atoms with Crippen LogP contribution < -0.4 is 4.90 Å². The largest absolute Gasteiger partial charge is 0.481 e. The molecule has 1 saturated carbocycles. The van der Waals surface area contributed by atoms with Crippen LogP contribution >= 0.6 is 0 Å². The van der Waals surface area contributed by atoms with Crippen LogP contribution in [-0.2, 0) is 11.2 Å². The summed E-state index contributed by atoms with van der Waals surface area (Å²) in [6, 6.07) is 10.5. The summed E-state index contributed by atoms with van der Waals surface area (Å²) in [5.74, 6) is 0.112. The van der Waals surface area contributed by atoms with Crippen molar-refractivity contribution in [3.05, 3.63) is 35.9 Å². The molecule has 1 aliphatic carbocycles. The summed E-state index contributed by atoms with van der Waals surface area (Å²) >= 11 is 0. The number of carboxylic acid groups (broad SMARTS) is 1. The van der Waals surface area contributed by atoms with Crippen molar-refractivity contribution in [2.24, 2.45) is 5.92 Å². The number of pyridine rings is 1. The van der Waals surface area contributed by atoms with Gasteiger partial charge in [0.05, 0.1) is 11.4 Å². The van der Waals surface area contributed by atoms with E-state index in [1.807, 2.05) is 18.2 Å². The van der Waals surface area contributed by atoms with Crippen molar-refractivity contribution in [1.82, 2.24) is 4.98 Å². The number of fused-ring (bicyclic) bond motifs is 2. The molecule has 1 aliphatic heterocycles. The highest BCUT2D eigenvalue weighted by Gasteiger charge is 2.48. The van der Waals surface area contributed by atoms with Gasteiger partial charge in [0.15, 0.2) is 0 Å². The Kier molecular flexibility index (Phi) is 2.46. The minimum Gasteiger partial charge on any atom is -0.481 e. The Morgan fingerprint density at radius 2 is 2.20 bits per heavy atom. The molecule has 2 aliphatic rings. The van der Waals surface area contributed by atoms with Crippen molar-refractivity contribution in [2.45, 2.75) is 25.3 Å². The van der Waals surface area contributed by atoms with Gasteiger partial charge in [-0.15, -0.1) is 0 Å². The molecule has 1 fully saturated rings. The van der Waals surface area contributed by atoms with E-state index in [0.717, 1.165) is 37.1 Å². The molecule has 0 bridgehead atoms. The van der Waals surface area contributed by atoms with Gasteiger partial charge >= 0.3 is 5.97 Å². The minimum atomic E-state index is -0.678. The summed E-state index contributed by atoms with van der Waals surface area (Å²) in [5.41, 5.74) is 2.25. The van der Waals surface area contributed by atoms with Crippen LogP contribution in [0.1, 0.15) is 18.4 Å². The third kappa shape index (κ3) is 1.75. The van der Waals surface area contributed by atoms with Gasteiger partial charge in [0.25, 0.3) is 0 Å². The molecule has 1 aromatic carbocycles. The highest BCUT2D eigenvalue weighted by molar-refractivity contribution is 5.83. The monoisotopic (exact) mass is 268 g/mol. The van der Waals surface area contributed by atoms with Crippen molar-refractivity contribution in [2.75, 3.05) is 11.4 Å². The van der Waals surface area contributed by atoms with Crippen LogP contribution in [0.2, 0.25) is 0 Å². The summed E-state index contributed by atoms with van der Waals surface area (Å²) in [5, 5.41) is 10.3. The van der Waals surface area contributed by atoms with Crippen LogP contribution in [-0.4, -0.2) is 28.6 Å². The molecular weight excluding hydrogens is 252 g/mol. The number of nitrogens with zero attached hydrogens (tertiary/aromatic N) is 2. The van der Waals surface area contributed by atoms with E-state index < -0.39 is 5.97 Å². The van der Waals surface area contributed by atoms with Crippen molar-refractivity contribution >= 4 is 22.7 Å². The van der Waals surface area contributed by atoms with E-state index >= 15 is 0 Å². The van der Waals surface area contributed by atoms with Crippen LogP contribution in [0.4, 0.5) is 5.82 Å². The summed E-state index contributed by atoms with van der Waals surface area (Å²) in [7, 11) is 0. The van der Waals surface area contributed by atoms with Crippen molar-refractivity contribution < 1.29 is 9.90 Å². The minimum absolute atomic E-state index is 0.139. The molecule has 0 radical (unpaired) electrons. The highest BCUT2D eigenvalue weighted by Crippen LogP contribution is 2.41. The Balaban J connectivity index is 1.77. The van der Waals surface area contributed by atoms with E-state index in [9.17, 15) is 4.79 Å². The lowest BCUT2D eigenvalue weighted by atomic mass is 10.0. The number of carbonyl (C=O) groups is 1. The summed E-state index contributed by atoms with van der Waals surface area (Å²) < 4.78 is 0. The van der Waals surface area contributed by atoms with Gasteiger partial charge in [-0.3, -0.25) is 4.79 Å². The van der Waals surface area contributed by atoms with Gasteiger partial charge in [0, 0.05) is 18.0 Å². The molecule has 1 N–H and O–H groups in total. The molecule has 4 heteroatoms. The number of aliphatic carboxylic acids is 1. The van der Waals surface area contributed by atoms with Gasteiger partial charge in [-0.2, -0.15) is 0 Å². The van der Waals surface area contributed by atoms with Crippen LogP contribution in [0.3, 0.4) is 0 Å². The number of rotatable bonds is 2. The second-order valence-corrected chi connectivity index (χ2v) is 5.71. The molecule has 0 amide bonds. The van der Waals surface area contributed by atoms with E-state index in [2.05, 4.69) is 17.0 Å². The molecule has 2 heterocycles. The predicted octanol–water partition coefficient (Wildman–Crippen LogP) is 2.46. The average Bonchev–Trinajstić information content (AvgIpc) is 3.25. The molecule has 4 nitrogen and oxygen atoms in total. The zero-order valence-electron chi connectivity index (χ0n) is 11.1. The lowest BCUT2D eigenvalue weighted by Gasteiger charge is -2.30. The fraction of sp³-hybridized carbons (Fsp3) is 0.375. The van der Waals surface area contributed by atoms with E-state index in [0.29, 0.717) is 0 Å². The molecule has 2 atom stereocenters. The highest BCUT2D eigenvalue weighted by atomic mass is 16.4. The van der Waals surface area contributed by atoms with Gasteiger partial charge < -0.3 is 10.0 Å². The zero-order chi connectivity index (χ0) is 13.7. The van der Waals surface area contributed by atoms with Gasteiger partial charge in [-0.05, 0) is 37.0 Å². The second-order valence-electron chi connectivity index (χ2n) is 5.71. The molecule has 2 aromatic rings. The molecular formula is C16H16N2O2. The molecule has 20 heavy (non-hydrogen) atoms. The quantitative estimate of drug-likeness (QED) is 0.909. The Morgan fingerprint density at radius 1 is 1.35 bits per heavy atom. The number of hydrogen-bond acceptors (Lipinski definition) is 3. The number of carboxylic acids is 1. The van der Waals surface area contributed by atoms with E-state index in [1.165, 1.54) is 10.9 Å². The Bertz CT molecular complexity index is 698. The summed E-state index contributed by atoms with van der Waals surface area (Å²) in [6.07, 6.45) is 2.87. The maximum atomic E-state index is 11.1. The van der Waals surface area contributed by atoms with Gasteiger partial charge in [0.1, 0.15) is 5.82 Å². The van der Waals surface area contributed by atoms with E-state index in [1.54, 1.807) is 0 Å². The first-order valence-corrected chi connectivity index (χ1v) is 7.12. The number of aromatic nitrogens is 1. The Hall–Kier alpha value is -2.10. The van der Waals surface area contributed by atoms with Crippen molar-refractivity contribution in [3.8, 4) is 0 Å². The molecule has 102 valence electrons. The number of para-hydroxylation sites is 1.